The first-order valence-electron chi connectivity index (χ1n) is 5.89. The maximum Gasteiger partial charge on any atom is 0.261 e. The Morgan fingerprint density at radius 3 is 2.12 bits per heavy atom. The van der Waals surface area contributed by atoms with Crippen LogP contribution < -0.4 is 5.32 Å². The first-order valence-corrected chi connectivity index (χ1v) is 5.89. The molecule has 0 bridgehead atoms. The Balaban J connectivity index is 0. The van der Waals surface area contributed by atoms with E-state index in [0.29, 0.717) is 11.3 Å². The van der Waals surface area contributed by atoms with Crippen LogP contribution in [-0.2, 0) is 9.53 Å². The number of rotatable bonds is 0. The molecule has 0 atom stereocenters. The van der Waals surface area contributed by atoms with Gasteiger partial charge in [0.15, 0.2) is 6.26 Å². The van der Waals surface area contributed by atoms with Crippen LogP contribution in [0, 0.1) is 0 Å². The molecule has 0 spiro atoms. The topological polar surface area (TPSA) is 58.6 Å². The summed E-state index contributed by atoms with van der Waals surface area (Å²) in [5, 5.41) is 11.3. The average Bonchev–Trinajstić information content (AvgIpc) is 2.52. The van der Waals surface area contributed by atoms with Crippen LogP contribution in [-0.4, -0.2) is 11.0 Å². The van der Waals surface area contributed by atoms with Crippen molar-refractivity contribution in [1.29, 1.82) is 0 Å². The van der Waals surface area contributed by atoms with Gasteiger partial charge in [0.25, 0.3) is 5.91 Å². The Labute approximate surface area is 104 Å². The van der Waals surface area contributed by atoms with Gasteiger partial charge in [-0.2, -0.15) is 0 Å². The zero-order chi connectivity index (χ0) is 13.8. The van der Waals surface area contributed by atoms with E-state index in [-0.39, 0.29) is 11.8 Å². The Hall–Kier alpha value is -1.71. The minimum Gasteiger partial charge on any atom is -0.492 e. The summed E-state index contributed by atoms with van der Waals surface area (Å²) in [6.45, 7) is 11.5. The largest absolute Gasteiger partial charge is 0.492 e. The third-order valence-corrected chi connectivity index (χ3v) is 1.60. The second-order valence-electron chi connectivity index (χ2n) is 2.43. The molecule has 1 heterocycles. The number of aliphatic hydroxyl groups excluding tert-OH is 1. The molecular formula is C13H23NO3. The van der Waals surface area contributed by atoms with Gasteiger partial charge in [0.1, 0.15) is 5.76 Å². The van der Waals surface area contributed by atoms with E-state index in [2.05, 4.69) is 5.32 Å². The predicted molar refractivity (Wildman–Crippen MR) is 70.1 cm³/mol. The highest BCUT2D eigenvalue weighted by atomic mass is 16.5. The number of hydrogen-bond acceptors (Lipinski definition) is 3. The van der Waals surface area contributed by atoms with Crippen LogP contribution in [0.2, 0.25) is 0 Å². The molecule has 0 radical (unpaired) electrons. The van der Waals surface area contributed by atoms with E-state index in [9.17, 15) is 4.79 Å². The number of nitrogens with one attached hydrogen (secondary N) is 1. The third kappa shape index (κ3) is 5.80. The van der Waals surface area contributed by atoms with E-state index in [1.54, 1.807) is 26.0 Å². The van der Waals surface area contributed by atoms with Gasteiger partial charge in [-0.05, 0) is 19.9 Å². The summed E-state index contributed by atoms with van der Waals surface area (Å²) in [5.74, 6) is -0.230. The maximum absolute atomic E-state index is 11.3. The number of carbonyl (C=O) groups is 1. The lowest BCUT2D eigenvalue weighted by Crippen LogP contribution is -2.23. The standard InChI is InChI=1S/C9H11NO3.2C2H6/c1-3-6-7(4-2)13-5-8(11)10-9(6)12;2*1-2/h3-5,11H,1-2H3,(H,10,12);2*1-2H3/b6-3+,7-4+;;. The SMILES string of the molecule is C/C=C1/OC=C(O)NC(=O)/C1=C/C.CC.CC. The molecule has 1 aliphatic heterocycles. The van der Waals surface area contributed by atoms with Crippen LogP contribution in [0.3, 0.4) is 0 Å². The molecule has 98 valence electrons. The molecule has 17 heavy (non-hydrogen) atoms. The van der Waals surface area contributed by atoms with Crippen LogP contribution in [0.4, 0.5) is 0 Å². The first kappa shape index (κ1) is 17.7. The Morgan fingerprint density at radius 2 is 1.71 bits per heavy atom. The van der Waals surface area contributed by atoms with Crippen molar-refractivity contribution >= 4 is 5.91 Å². The molecule has 1 rings (SSSR count). The van der Waals surface area contributed by atoms with Gasteiger partial charge in [-0.15, -0.1) is 0 Å². The Bertz CT molecular complexity index is 315. The van der Waals surface area contributed by atoms with E-state index in [1.165, 1.54) is 0 Å². The molecule has 0 aliphatic carbocycles. The Morgan fingerprint density at radius 1 is 1.18 bits per heavy atom. The van der Waals surface area contributed by atoms with Crippen molar-refractivity contribution in [3.63, 3.8) is 0 Å². The molecule has 0 unspecified atom stereocenters. The fraction of sp³-hybridized carbons (Fsp3) is 0.462. The summed E-state index contributed by atoms with van der Waals surface area (Å²) in [6, 6.07) is 0. The molecule has 0 fully saturated rings. The summed E-state index contributed by atoms with van der Waals surface area (Å²) in [7, 11) is 0. The fourth-order valence-electron chi connectivity index (χ4n) is 1.00. The highest BCUT2D eigenvalue weighted by Gasteiger charge is 2.18. The lowest BCUT2D eigenvalue weighted by Gasteiger charge is -2.04. The molecule has 4 heteroatoms. The van der Waals surface area contributed by atoms with E-state index in [0.717, 1.165) is 6.26 Å². The van der Waals surface area contributed by atoms with Gasteiger partial charge in [-0.1, -0.05) is 33.8 Å². The fourth-order valence-corrected chi connectivity index (χ4v) is 1.00. The molecule has 0 aromatic rings. The van der Waals surface area contributed by atoms with Gasteiger partial charge in [0.2, 0.25) is 5.88 Å². The van der Waals surface area contributed by atoms with Crippen molar-refractivity contribution in [3.05, 3.63) is 35.6 Å². The highest BCUT2D eigenvalue weighted by molar-refractivity contribution is 5.98. The van der Waals surface area contributed by atoms with Gasteiger partial charge in [0.05, 0.1) is 5.57 Å². The minimum absolute atomic E-state index is 0.291. The Kier molecular flexibility index (Phi) is 11.2. The summed E-state index contributed by atoms with van der Waals surface area (Å²) in [5.41, 5.74) is 0.405. The van der Waals surface area contributed by atoms with E-state index < -0.39 is 0 Å². The molecule has 1 aliphatic rings. The number of aliphatic hydroxyl groups is 1. The van der Waals surface area contributed by atoms with E-state index in [1.807, 2.05) is 27.7 Å². The zero-order valence-corrected chi connectivity index (χ0v) is 11.5. The van der Waals surface area contributed by atoms with Gasteiger partial charge < -0.3 is 9.84 Å². The van der Waals surface area contributed by atoms with Crippen LogP contribution in [0.25, 0.3) is 0 Å². The zero-order valence-electron chi connectivity index (χ0n) is 11.5. The molecule has 1 amide bonds. The predicted octanol–water partition coefficient (Wildman–Crippen LogP) is 3.39. The normalized spacial score (nSPS) is 18.7. The third-order valence-electron chi connectivity index (χ3n) is 1.60. The smallest absolute Gasteiger partial charge is 0.261 e. The van der Waals surface area contributed by atoms with Crippen LogP contribution in [0.5, 0.6) is 0 Å². The van der Waals surface area contributed by atoms with Crippen molar-refractivity contribution in [1.82, 2.24) is 5.32 Å². The summed E-state index contributed by atoms with van der Waals surface area (Å²) < 4.78 is 5.04. The van der Waals surface area contributed by atoms with Crippen molar-refractivity contribution in [3.8, 4) is 0 Å². The van der Waals surface area contributed by atoms with E-state index >= 15 is 0 Å². The molecular weight excluding hydrogens is 218 g/mol. The van der Waals surface area contributed by atoms with Crippen molar-refractivity contribution in [2.45, 2.75) is 41.5 Å². The van der Waals surface area contributed by atoms with Crippen molar-refractivity contribution < 1.29 is 14.6 Å². The minimum atomic E-state index is -0.373. The molecule has 0 saturated carbocycles. The lowest BCUT2D eigenvalue weighted by atomic mass is 10.2. The maximum atomic E-state index is 11.3. The molecule has 0 aromatic carbocycles. The van der Waals surface area contributed by atoms with Crippen LogP contribution >= 0.6 is 0 Å². The van der Waals surface area contributed by atoms with Gasteiger partial charge in [-0.25, -0.2) is 0 Å². The van der Waals surface area contributed by atoms with E-state index in [4.69, 9.17) is 9.84 Å². The van der Waals surface area contributed by atoms with Gasteiger partial charge >= 0.3 is 0 Å². The molecule has 0 aromatic heterocycles. The van der Waals surface area contributed by atoms with Crippen molar-refractivity contribution in [2.75, 3.05) is 0 Å². The summed E-state index contributed by atoms with van der Waals surface area (Å²) in [6.07, 6.45) is 4.37. The van der Waals surface area contributed by atoms with Gasteiger partial charge in [0, 0.05) is 0 Å². The number of hydrogen-bond donors (Lipinski definition) is 2. The second-order valence-corrected chi connectivity index (χ2v) is 2.43. The monoisotopic (exact) mass is 241 g/mol. The van der Waals surface area contributed by atoms with Crippen molar-refractivity contribution in [2.24, 2.45) is 0 Å². The molecule has 2 N–H and O–H groups in total. The highest BCUT2D eigenvalue weighted by Crippen LogP contribution is 2.15. The van der Waals surface area contributed by atoms with Gasteiger partial charge in [-0.3, -0.25) is 10.1 Å². The number of ether oxygens (including phenoxy) is 1. The van der Waals surface area contributed by atoms with Crippen LogP contribution in [0.1, 0.15) is 41.5 Å². The quantitative estimate of drug-likeness (QED) is 0.639. The van der Waals surface area contributed by atoms with Crippen LogP contribution in [0.15, 0.2) is 35.6 Å². The first-order chi connectivity index (χ1) is 8.19. The summed E-state index contributed by atoms with van der Waals surface area (Å²) >= 11 is 0. The summed E-state index contributed by atoms with van der Waals surface area (Å²) in [4.78, 5) is 11.3. The number of amides is 1. The molecule has 4 nitrogen and oxygen atoms in total. The number of carbonyl (C=O) groups excluding carboxylic acids is 1. The average molecular weight is 241 g/mol. The molecule has 0 saturated heterocycles. The lowest BCUT2D eigenvalue weighted by molar-refractivity contribution is -0.117. The number of allylic oxidation sites excluding steroid dienone is 2. The second kappa shape index (κ2) is 10.8.